The predicted octanol–water partition coefficient (Wildman–Crippen LogP) is -0.0291. The van der Waals surface area contributed by atoms with E-state index in [2.05, 4.69) is 5.32 Å². The third kappa shape index (κ3) is 3.29. The summed E-state index contributed by atoms with van der Waals surface area (Å²) in [4.78, 5) is 13.5. The van der Waals surface area contributed by atoms with Crippen molar-refractivity contribution in [2.75, 3.05) is 25.0 Å². The van der Waals surface area contributed by atoms with Crippen molar-refractivity contribution < 1.29 is 15.0 Å². The Morgan fingerprint density at radius 2 is 1.83 bits per heavy atom. The van der Waals surface area contributed by atoms with Crippen molar-refractivity contribution in [2.24, 2.45) is 0 Å². The van der Waals surface area contributed by atoms with Crippen molar-refractivity contribution >= 4 is 11.6 Å². The molecule has 0 bridgehead atoms. The molecular weight excluding hydrogens is 232 g/mol. The highest BCUT2D eigenvalue weighted by Gasteiger charge is 2.30. The third-order valence-electron chi connectivity index (χ3n) is 3.04. The average molecular weight is 250 g/mol. The molecule has 1 aromatic carbocycles. The van der Waals surface area contributed by atoms with Gasteiger partial charge < -0.3 is 15.5 Å². The second-order valence-corrected chi connectivity index (χ2v) is 4.74. The Hall–Kier alpha value is -1.43. The van der Waals surface area contributed by atoms with Crippen molar-refractivity contribution in [3.8, 4) is 0 Å². The summed E-state index contributed by atoms with van der Waals surface area (Å²) in [5.74, 6) is -0.139. The van der Waals surface area contributed by atoms with E-state index in [9.17, 15) is 15.0 Å². The van der Waals surface area contributed by atoms with Gasteiger partial charge in [-0.05, 0) is 19.1 Å². The Kier molecular flexibility index (Phi) is 3.96. The van der Waals surface area contributed by atoms with E-state index in [0.29, 0.717) is 13.1 Å². The minimum absolute atomic E-state index is 0.139. The number of amides is 1. The fraction of sp³-hybridized carbons (Fsp3) is 0.462. The summed E-state index contributed by atoms with van der Waals surface area (Å²) in [6, 6.07) is 7.56. The van der Waals surface area contributed by atoms with Gasteiger partial charge in [-0.15, -0.1) is 0 Å². The molecular formula is C13H18N2O3. The van der Waals surface area contributed by atoms with E-state index in [1.807, 2.05) is 31.2 Å². The molecule has 1 saturated heterocycles. The lowest BCUT2D eigenvalue weighted by atomic mass is 10.2. The van der Waals surface area contributed by atoms with E-state index in [-0.39, 0.29) is 12.5 Å². The van der Waals surface area contributed by atoms with Crippen LogP contribution in [0.4, 0.5) is 5.69 Å². The number of hydrogen-bond donors (Lipinski definition) is 3. The maximum absolute atomic E-state index is 11.8. The van der Waals surface area contributed by atoms with Crippen LogP contribution in [0.15, 0.2) is 24.3 Å². The molecule has 5 nitrogen and oxygen atoms in total. The standard InChI is InChI=1S/C13H18N2O3/c1-9-2-4-10(5-3-9)14-13(18)8-15-6-11(16)12(17)7-15/h2-5,11-12,16-17H,6-8H2,1H3,(H,14,18). The first-order valence-electron chi connectivity index (χ1n) is 5.99. The molecule has 0 radical (unpaired) electrons. The zero-order chi connectivity index (χ0) is 13.1. The Labute approximate surface area is 106 Å². The highest BCUT2D eigenvalue weighted by molar-refractivity contribution is 5.92. The summed E-state index contributed by atoms with van der Waals surface area (Å²) in [7, 11) is 0. The Bertz CT molecular complexity index is 409. The second kappa shape index (κ2) is 5.48. The first-order chi connectivity index (χ1) is 8.54. The van der Waals surface area contributed by atoms with E-state index in [1.54, 1.807) is 4.90 Å². The molecule has 5 heteroatoms. The van der Waals surface area contributed by atoms with Gasteiger partial charge in [-0.1, -0.05) is 17.7 Å². The maximum Gasteiger partial charge on any atom is 0.238 e. The summed E-state index contributed by atoms with van der Waals surface area (Å²) in [5, 5.41) is 21.5. The van der Waals surface area contributed by atoms with Crippen LogP contribution in [-0.4, -0.2) is 52.9 Å². The topological polar surface area (TPSA) is 72.8 Å². The lowest BCUT2D eigenvalue weighted by molar-refractivity contribution is -0.117. The molecule has 1 heterocycles. The number of nitrogens with one attached hydrogen (secondary N) is 1. The average Bonchev–Trinajstić information content (AvgIpc) is 2.61. The number of nitrogens with zero attached hydrogens (tertiary/aromatic N) is 1. The monoisotopic (exact) mass is 250 g/mol. The fourth-order valence-corrected chi connectivity index (χ4v) is 2.02. The van der Waals surface area contributed by atoms with E-state index in [4.69, 9.17) is 0 Å². The van der Waals surface area contributed by atoms with Gasteiger partial charge in [0.1, 0.15) is 0 Å². The minimum Gasteiger partial charge on any atom is -0.389 e. The number of hydrogen-bond acceptors (Lipinski definition) is 4. The first-order valence-corrected chi connectivity index (χ1v) is 5.99. The minimum atomic E-state index is -0.753. The molecule has 1 aliphatic heterocycles. The lowest BCUT2D eigenvalue weighted by Crippen LogP contribution is -2.32. The predicted molar refractivity (Wildman–Crippen MR) is 68.3 cm³/mol. The highest BCUT2D eigenvalue weighted by atomic mass is 16.3. The first kappa shape index (κ1) is 13.0. The fourth-order valence-electron chi connectivity index (χ4n) is 2.02. The summed E-state index contributed by atoms with van der Waals surface area (Å²) >= 11 is 0. The zero-order valence-electron chi connectivity index (χ0n) is 10.3. The number of carbonyl (C=O) groups is 1. The van der Waals surface area contributed by atoms with Crippen LogP contribution in [0.25, 0.3) is 0 Å². The number of benzene rings is 1. The van der Waals surface area contributed by atoms with E-state index < -0.39 is 12.2 Å². The van der Waals surface area contributed by atoms with Gasteiger partial charge in [-0.2, -0.15) is 0 Å². The van der Waals surface area contributed by atoms with E-state index in [1.165, 1.54) is 0 Å². The van der Waals surface area contributed by atoms with Crippen molar-refractivity contribution in [3.05, 3.63) is 29.8 Å². The lowest BCUT2D eigenvalue weighted by Gasteiger charge is -2.14. The quantitative estimate of drug-likeness (QED) is 0.704. The number of aryl methyl sites for hydroxylation is 1. The van der Waals surface area contributed by atoms with Gasteiger partial charge in [-0.3, -0.25) is 9.69 Å². The van der Waals surface area contributed by atoms with Crippen LogP contribution in [0, 0.1) is 6.92 Å². The van der Waals surface area contributed by atoms with E-state index in [0.717, 1.165) is 11.3 Å². The number of anilines is 1. The van der Waals surface area contributed by atoms with Crippen molar-refractivity contribution in [2.45, 2.75) is 19.1 Å². The molecule has 0 saturated carbocycles. The number of likely N-dealkylation sites (tertiary alicyclic amines) is 1. The normalized spacial score (nSPS) is 24.2. The third-order valence-corrected chi connectivity index (χ3v) is 3.04. The summed E-state index contributed by atoms with van der Waals surface area (Å²) in [6.45, 7) is 2.84. The van der Waals surface area contributed by atoms with Crippen molar-refractivity contribution in [3.63, 3.8) is 0 Å². The van der Waals surface area contributed by atoms with Crippen LogP contribution in [-0.2, 0) is 4.79 Å². The van der Waals surface area contributed by atoms with Gasteiger partial charge in [-0.25, -0.2) is 0 Å². The van der Waals surface area contributed by atoms with Crippen LogP contribution >= 0.6 is 0 Å². The molecule has 0 spiro atoms. The van der Waals surface area contributed by atoms with Gasteiger partial charge in [0, 0.05) is 18.8 Å². The molecule has 3 N–H and O–H groups in total. The largest absolute Gasteiger partial charge is 0.389 e. The molecule has 1 aromatic rings. The van der Waals surface area contributed by atoms with Gasteiger partial charge in [0.15, 0.2) is 0 Å². The van der Waals surface area contributed by atoms with Crippen LogP contribution in [0.2, 0.25) is 0 Å². The van der Waals surface area contributed by atoms with Crippen molar-refractivity contribution in [1.82, 2.24) is 4.90 Å². The summed E-state index contributed by atoms with van der Waals surface area (Å²) in [5.41, 5.74) is 1.89. The van der Waals surface area contributed by atoms with Crippen LogP contribution in [0.3, 0.4) is 0 Å². The molecule has 98 valence electrons. The smallest absolute Gasteiger partial charge is 0.238 e. The summed E-state index contributed by atoms with van der Waals surface area (Å²) in [6.07, 6.45) is -1.51. The Balaban J connectivity index is 1.84. The van der Waals surface area contributed by atoms with Crippen molar-refractivity contribution in [1.29, 1.82) is 0 Å². The number of aliphatic hydroxyl groups excluding tert-OH is 2. The molecule has 2 rings (SSSR count). The molecule has 2 atom stereocenters. The van der Waals surface area contributed by atoms with Crippen LogP contribution < -0.4 is 5.32 Å². The molecule has 0 aromatic heterocycles. The number of aliphatic hydroxyl groups is 2. The van der Waals surface area contributed by atoms with Gasteiger partial charge >= 0.3 is 0 Å². The molecule has 1 amide bonds. The molecule has 1 aliphatic rings. The number of rotatable bonds is 3. The van der Waals surface area contributed by atoms with Crippen LogP contribution in [0.1, 0.15) is 5.56 Å². The Morgan fingerprint density at radius 3 is 2.39 bits per heavy atom. The van der Waals surface area contributed by atoms with Gasteiger partial charge in [0.05, 0.1) is 18.8 Å². The number of carbonyl (C=O) groups excluding carboxylic acids is 1. The van der Waals surface area contributed by atoms with Crippen LogP contribution in [0.5, 0.6) is 0 Å². The second-order valence-electron chi connectivity index (χ2n) is 4.74. The van der Waals surface area contributed by atoms with Gasteiger partial charge in [0.2, 0.25) is 5.91 Å². The molecule has 1 fully saturated rings. The SMILES string of the molecule is Cc1ccc(NC(=O)CN2CC(O)C(O)C2)cc1. The Morgan fingerprint density at radius 1 is 1.28 bits per heavy atom. The molecule has 2 unspecified atom stereocenters. The maximum atomic E-state index is 11.8. The van der Waals surface area contributed by atoms with E-state index >= 15 is 0 Å². The molecule has 0 aliphatic carbocycles. The molecule has 18 heavy (non-hydrogen) atoms. The van der Waals surface area contributed by atoms with Gasteiger partial charge in [0.25, 0.3) is 0 Å². The summed E-state index contributed by atoms with van der Waals surface area (Å²) < 4.78 is 0. The zero-order valence-corrected chi connectivity index (χ0v) is 10.3. The number of β-amino-alcohol motifs (C(OH)–C–C–N with tert-alkyl or cyclic N) is 2. The highest BCUT2D eigenvalue weighted by Crippen LogP contribution is 2.11.